The SMILES string of the molecule is CS(=O)(=O)N1CCCC1c1cnc(CCC(=O)N2CCC3(CCCCCc4ccccc4OCCNC3=O)CC2)cn1. The number of nitrogens with zero attached hydrogens (tertiary/aromatic N) is 4. The lowest BCUT2D eigenvalue weighted by atomic mass is 9.73. The second-order valence-electron chi connectivity index (χ2n) is 11.9. The van der Waals surface area contributed by atoms with E-state index in [0.29, 0.717) is 69.9 Å². The number of hydrogen-bond donors (Lipinski definition) is 1. The van der Waals surface area contributed by atoms with E-state index in [0.717, 1.165) is 50.7 Å². The molecule has 0 bridgehead atoms. The Labute approximate surface area is 249 Å². The van der Waals surface area contributed by atoms with Crippen LogP contribution in [0.15, 0.2) is 36.7 Å². The first-order valence-corrected chi connectivity index (χ1v) is 17.1. The van der Waals surface area contributed by atoms with Gasteiger partial charge in [0, 0.05) is 32.3 Å². The molecule has 1 aromatic heterocycles. The number of fused-ring (bicyclic) bond motifs is 1. The average Bonchev–Trinajstić information content (AvgIpc) is 3.50. The Kier molecular flexibility index (Phi) is 9.77. The maximum Gasteiger partial charge on any atom is 0.226 e. The second kappa shape index (κ2) is 13.5. The third-order valence-corrected chi connectivity index (χ3v) is 10.4. The van der Waals surface area contributed by atoms with Crippen molar-refractivity contribution in [2.75, 3.05) is 39.0 Å². The zero-order valence-corrected chi connectivity index (χ0v) is 25.4. The summed E-state index contributed by atoms with van der Waals surface area (Å²) in [6, 6.07) is 7.87. The molecular weight excluding hydrogens is 554 g/mol. The molecule has 10 nitrogen and oxygen atoms in total. The number of aryl methyl sites for hydroxylation is 2. The normalized spacial score (nSPS) is 22.3. The number of piperidine rings is 1. The molecule has 4 heterocycles. The number of nitrogens with one attached hydrogen (secondary N) is 1. The summed E-state index contributed by atoms with van der Waals surface area (Å²) in [5.41, 5.74) is 2.14. The van der Waals surface area contributed by atoms with Crippen LogP contribution in [0.5, 0.6) is 5.75 Å². The zero-order chi connectivity index (χ0) is 29.6. The molecule has 3 aliphatic heterocycles. The lowest BCUT2D eigenvalue weighted by Crippen LogP contribution is -2.50. The molecule has 11 heteroatoms. The van der Waals surface area contributed by atoms with Crippen molar-refractivity contribution in [2.45, 2.75) is 76.7 Å². The highest BCUT2D eigenvalue weighted by atomic mass is 32.2. The third-order valence-electron chi connectivity index (χ3n) is 9.07. The summed E-state index contributed by atoms with van der Waals surface area (Å²) in [5, 5.41) is 3.12. The fraction of sp³-hybridized carbons (Fsp3) is 0.613. The van der Waals surface area contributed by atoms with E-state index < -0.39 is 15.4 Å². The van der Waals surface area contributed by atoms with Gasteiger partial charge < -0.3 is 15.0 Å². The van der Waals surface area contributed by atoms with Crippen molar-refractivity contribution >= 4 is 21.8 Å². The molecule has 0 aliphatic carbocycles. The minimum absolute atomic E-state index is 0.0611. The molecular formula is C31H43N5O5S. The summed E-state index contributed by atoms with van der Waals surface area (Å²) < 4.78 is 31.6. The highest BCUT2D eigenvalue weighted by molar-refractivity contribution is 7.88. The molecule has 3 aliphatic rings. The van der Waals surface area contributed by atoms with E-state index >= 15 is 0 Å². The van der Waals surface area contributed by atoms with Gasteiger partial charge in [0.15, 0.2) is 0 Å². The Morgan fingerprint density at radius 2 is 1.86 bits per heavy atom. The average molecular weight is 598 g/mol. The van der Waals surface area contributed by atoms with Gasteiger partial charge in [0.1, 0.15) is 12.4 Å². The van der Waals surface area contributed by atoms with Gasteiger partial charge in [-0.05, 0) is 63.0 Å². The molecule has 1 spiro atoms. The molecule has 0 radical (unpaired) electrons. The Hall–Kier alpha value is -3.05. The molecule has 2 saturated heterocycles. The number of likely N-dealkylation sites (tertiary alicyclic amines) is 1. The number of sulfonamides is 1. The summed E-state index contributed by atoms with van der Waals surface area (Å²) in [7, 11) is -3.29. The monoisotopic (exact) mass is 597 g/mol. The number of aromatic nitrogens is 2. The van der Waals surface area contributed by atoms with Gasteiger partial charge in [0.2, 0.25) is 21.8 Å². The number of carbonyl (C=O) groups excluding carboxylic acids is 2. The van der Waals surface area contributed by atoms with Gasteiger partial charge in [-0.3, -0.25) is 19.6 Å². The van der Waals surface area contributed by atoms with Crippen molar-refractivity contribution < 1.29 is 22.7 Å². The lowest BCUT2D eigenvalue weighted by Gasteiger charge is -2.41. The number of para-hydroxylation sites is 1. The lowest BCUT2D eigenvalue weighted by molar-refractivity contribution is -0.141. The topological polar surface area (TPSA) is 122 Å². The number of hydrogen-bond acceptors (Lipinski definition) is 7. The first kappa shape index (κ1) is 30.4. The van der Waals surface area contributed by atoms with Gasteiger partial charge in [-0.25, -0.2) is 8.42 Å². The minimum atomic E-state index is -3.29. The van der Waals surface area contributed by atoms with Crippen LogP contribution in [0.4, 0.5) is 0 Å². The van der Waals surface area contributed by atoms with Crippen LogP contribution in [0.2, 0.25) is 0 Å². The summed E-state index contributed by atoms with van der Waals surface area (Å²) in [4.78, 5) is 37.4. The van der Waals surface area contributed by atoms with Crippen LogP contribution in [0.3, 0.4) is 0 Å². The highest BCUT2D eigenvalue weighted by Crippen LogP contribution is 2.38. The van der Waals surface area contributed by atoms with Gasteiger partial charge in [-0.15, -0.1) is 0 Å². The molecule has 2 fully saturated rings. The molecule has 42 heavy (non-hydrogen) atoms. The van der Waals surface area contributed by atoms with Crippen LogP contribution < -0.4 is 10.1 Å². The summed E-state index contributed by atoms with van der Waals surface area (Å²) in [5.74, 6) is 1.05. The molecule has 1 aromatic carbocycles. The summed E-state index contributed by atoms with van der Waals surface area (Å²) in [6.45, 7) is 2.54. The Morgan fingerprint density at radius 3 is 2.62 bits per heavy atom. The van der Waals surface area contributed by atoms with Crippen molar-refractivity contribution in [3.05, 3.63) is 53.6 Å². The molecule has 228 valence electrons. The van der Waals surface area contributed by atoms with Crippen LogP contribution in [-0.2, 0) is 32.5 Å². The number of carbonyl (C=O) groups is 2. The van der Waals surface area contributed by atoms with Gasteiger partial charge in [-0.2, -0.15) is 4.31 Å². The summed E-state index contributed by atoms with van der Waals surface area (Å²) in [6.07, 6.45) is 13.1. The van der Waals surface area contributed by atoms with E-state index in [1.165, 1.54) is 16.1 Å². The van der Waals surface area contributed by atoms with Crippen molar-refractivity contribution in [2.24, 2.45) is 5.41 Å². The van der Waals surface area contributed by atoms with Gasteiger partial charge in [-0.1, -0.05) is 31.0 Å². The van der Waals surface area contributed by atoms with Crippen molar-refractivity contribution in [3.63, 3.8) is 0 Å². The smallest absolute Gasteiger partial charge is 0.226 e. The van der Waals surface area contributed by atoms with Crippen molar-refractivity contribution in [1.29, 1.82) is 0 Å². The van der Waals surface area contributed by atoms with E-state index in [1.54, 1.807) is 12.4 Å². The fourth-order valence-electron chi connectivity index (χ4n) is 6.59. The van der Waals surface area contributed by atoms with E-state index in [1.807, 2.05) is 23.1 Å². The largest absolute Gasteiger partial charge is 0.491 e. The van der Waals surface area contributed by atoms with E-state index in [2.05, 4.69) is 21.4 Å². The first-order valence-electron chi connectivity index (χ1n) is 15.3. The van der Waals surface area contributed by atoms with Gasteiger partial charge >= 0.3 is 0 Å². The maximum atomic E-state index is 13.4. The Bertz CT molecular complexity index is 1340. The predicted octanol–water partition coefficient (Wildman–Crippen LogP) is 3.43. The van der Waals surface area contributed by atoms with Crippen LogP contribution in [-0.4, -0.2) is 78.4 Å². The van der Waals surface area contributed by atoms with Crippen LogP contribution >= 0.6 is 0 Å². The molecule has 5 rings (SSSR count). The predicted molar refractivity (Wildman–Crippen MR) is 159 cm³/mol. The van der Waals surface area contributed by atoms with Crippen molar-refractivity contribution in [3.8, 4) is 5.75 Å². The van der Waals surface area contributed by atoms with Crippen LogP contribution in [0.25, 0.3) is 0 Å². The zero-order valence-electron chi connectivity index (χ0n) is 24.6. The van der Waals surface area contributed by atoms with Crippen LogP contribution in [0, 0.1) is 5.41 Å². The third kappa shape index (κ3) is 7.29. The maximum absolute atomic E-state index is 13.4. The molecule has 1 atom stereocenters. The first-order chi connectivity index (χ1) is 20.2. The Balaban J connectivity index is 1.12. The van der Waals surface area contributed by atoms with Gasteiger partial charge in [0.05, 0.1) is 41.8 Å². The number of amides is 2. The second-order valence-corrected chi connectivity index (χ2v) is 13.8. The van der Waals surface area contributed by atoms with Crippen molar-refractivity contribution in [1.82, 2.24) is 24.5 Å². The van der Waals surface area contributed by atoms with E-state index in [4.69, 9.17) is 4.74 Å². The Morgan fingerprint density at radius 1 is 1.05 bits per heavy atom. The fourth-order valence-corrected chi connectivity index (χ4v) is 7.72. The molecule has 1 N–H and O–H groups in total. The molecule has 2 amide bonds. The summed E-state index contributed by atoms with van der Waals surface area (Å²) >= 11 is 0. The van der Waals surface area contributed by atoms with Crippen LogP contribution in [0.1, 0.15) is 80.8 Å². The molecule has 1 unspecified atom stereocenters. The number of rotatable bonds is 5. The molecule has 2 aromatic rings. The quantitative estimate of drug-likeness (QED) is 0.561. The number of benzene rings is 1. The van der Waals surface area contributed by atoms with Gasteiger partial charge in [0.25, 0.3) is 0 Å². The standard InChI is InChI=1S/C31H43N5O5S/c1-42(39,40)36-18-7-10-27(36)26-23-33-25(22-34-26)12-13-29(37)35-19-15-31(16-20-35)14-6-2-3-8-24-9-4-5-11-28(24)41-21-17-32-30(31)38/h4-5,9,11,22-23,27H,2-3,6-8,10,12-21H2,1H3,(H,32,38). The minimum Gasteiger partial charge on any atom is -0.491 e. The number of ether oxygens (including phenoxy) is 1. The highest BCUT2D eigenvalue weighted by Gasteiger charge is 2.41. The van der Waals surface area contributed by atoms with E-state index in [9.17, 15) is 18.0 Å². The van der Waals surface area contributed by atoms with E-state index in [-0.39, 0.29) is 17.9 Å². The molecule has 0 saturated carbocycles.